The maximum atomic E-state index is 12.6. The summed E-state index contributed by atoms with van der Waals surface area (Å²) in [5.41, 5.74) is 0. The first-order valence-electron chi connectivity index (χ1n) is 3.62. The van der Waals surface area contributed by atoms with Crippen molar-refractivity contribution in [1.82, 2.24) is 0 Å². The van der Waals surface area contributed by atoms with E-state index in [1.54, 1.807) is 0 Å². The lowest BCUT2D eigenvalue weighted by Crippen LogP contribution is -2.17. The summed E-state index contributed by atoms with van der Waals surface area (Å²) in [5.74, 6) is -1.11. The van der Waals surface area contributed by atoms with E-state index in [0.717, 1.165) is 12.2 Å². The molecule has 1 aliphatic carbocycles. The monoisotopic (exact) mass is 190 g/mol. The molecule has 0 heterocycles. The number of halogens is 2. The van der Waals surface area contributed by atoms with Crippen LogP contribution in [0.3, 0.4) is 0 Å². The van der Waals surface area contributed by atoms with E-state index >= 15 is 0 Å². The molecule has 13 heavy (non-hydrogen) atoms. The summed E-state index contributed by atoms with van der Waals surface area (Å²) >= 11 is 0. The summed E-state index contributed by atoms with van der Waals surface area (Å²) < 4.78 is 29.7. The highest BCUT2D eigenvalue weighted by atomic mass is 19.2. The van der Waals surface area contributed by atoms with E-state index in [1.165, 1.54) is 6.08 Å². The van der Waals surface area contributed by atoms with Gasteiger partial charge >= 0.3 is 5.97 Å². The van der Waals surface area contributed by atoms with E-state index in [0.29, 0.717) is 0 Å². The van der Waals surface area contributed by atoms with Crippen molar-refractivity contribution in [3.63, 3.8) is 0 Å². The molecule has 1 N–H and O–H groups in total. The standard InChI is InChI=1S/C8H8F2O3/c9-6-2-1-5(3-7(6)10)13-4-8(11)12/h1-3,6-7H,4H2,(H,11,12). The third-order valence-electron chi connectivity index (χ3n) is 1.43. The molecular formula is C8H8F2O3. The molecule has 0 fully saturated rings. The van der Waals surface area contributed by atoms with E-state index in [4.69, 9.17) is 5.11 Å². The number of allylic oxidation sites excluding steroid dienone is 3. The molecule has 1 aliphatic rings. The van der Waals surface area contributed by atoms with Crippen LogP contribution in [0.1, 0.15) is 0 Å². The Labute approximate surface area is 73.3 Å². The van der Waals surface area contributed by atoms with Crippen molar-refractivity contribution in [2.75, 3.05) is 6.61 Å². The topological polar surface area (TPSA) is 46.5 Å². The Kier molecular flexibility index (Phi) is 3.00. The highest BCUT2D eigenvalue weighted by molar-refractivity contribution is 5.68. The highest BCUT2D eigenvalue weighted by Crippen LogP contribution is 2.17. The van der Waals surface area contributed by atoms with Gasteiger partial charge in [0.25, 0.3) is 0 Å². The molecule has 0 aromatic carbocycles. The smallest absolute Gasteiger partial charge is 0.341 e. The van der Waals surface area contributed by atoms with Crippen molar-refractivity contribution in [3.05, 3.63) is 24.0 Å². The van der Waals surface area contributed by atoms with Crippen LogP contribution in [0.25, 0.3) is 0 Å². The minimum absolute atomic E-state index is 0.0452. The van der Waals surface area contributed by atoms with Crippen LogP contribution in [0.15, 0.2) is 24.0 Å². The molecule has 5 heteroatoms. The van der Waals surface area contributed by atoms with Gasteiger partial charge in [0.2, 0.25) is 0 Å². The maximum Gasteiger partial charge on any atom is 0.341 e. The predicted molar refractivity (Wildman–Crippen MR) is 40.6 cm³/mol. The van der Waals surface area contributed by atoms with Crippen LogP contribution in [0.4, 0.5) is 8.78 Å². The summed E-state index contributed by atoms with van der Waals surface area (Å²) in [4.78, 5) is 10.0. The van der Waals surface area contributed by atoms with Crippen LogP contribution < -0.4 is 0 Å². The molecule has 0 radical (unpaired) electrons. The van der Waals surface area contributed by atoms with E-state index in [2.05, 4.69) is 4.74 Å². The molecule has 0 amide bonds. The Morgan fingerprint density at radius 3 is 2.77 bits per heavy atom. The number of hydrogen-bond donors (Lipinski definition) is 1. The van der Waals surface area contributed by atoms with Crippen molar-refractivity contribution in [3.8, 4) is 0 Å². The summed E-state index contributed by atoms with van der Waals surface area (Å²) in [5, 5.41) is 8.22. The van der Waals surface area contributed by atoms with Crippen molar-refractivity contribution >= 4 is 5.97 Å². The lowest BCUT2D eigenvalue weighted by molar-refractivity contribution is -0.140. The minimum atomic E-state index is -1.76. The van der Waals surface area contributed by atoms with Gasteiger partial charge in [0, 0.05) is 0 Å². The van der Waals surface area contributed by atoms with Gasteiger partial charge in [0.15, 0.2) is 19.0 Å². The van der Waals surface area contributed by atoms with Gasteiger partial charge in [0.1, 0.15) is 5.76 Å². The number of aliphatic carboxylic acids is 1. The number of alkyl halides is 2. The van der Waals surface area contributed by atoms with Gasteiger partial charge in [-0.1, -0.05) is 0 Å². The van der Waals surface area contributed by atoms with Crippen LogP contribution in [-0.4, -0.2) is 30.0 Å². The molecule has 0 saturated carbocycles. The molecule has 0 aromatic heterocycles. The molecule has 3 nitrogen and oxygen atoms in total. The number of carboxylic acid groups (broad SMARTS) is 1. The molecule has 0 saturated heterocycles. The van der Waals surface area contributed by atoms with Gasteiger partial charge in [-0.15, -0.1) is 0 Å². The zero-order valence-corrected chi connectivity index (χ0v) is 6.61. The van der Waals surface area contributed by atoms with Gasteiger partial charge in [-0.3, -0.25) is 0 Å². The molecule has 0 aromatic rings. The van der Waals surface area contributed by atoms with E-state index in [9.17, 15) is 13.6 Å². The molecule has 0 aliphatic heterocycles. The van der Waals surface area contributed by atoms with Crippen molar-refractivity contribution in [2.24, 2.45) is 0 Å². The highest BCUT2D eigenvalue weighted by Gasteiger charge is 2.20. The normalized spacial score (nSPS) is 26.8. The number of carboxylic acids is 1. The first-order valence-corrected chi connectivity index (χ1v) is 3.62. The average molecular weight is 190 g/mol. The Hall–Kier alpha value is -1.39. The first-order chi connectivity index (χ1) is 6.09. The maximum absolute atomic E-state index is 12.6. The van der Waals surface area contributed by atoms with Crippen LogP contribution in [-0.2, 0) is 9.53 Å². The van der Waals surface area contributed by atoms with Crippen LogP contribution in [0.5, 0.6) is 0 Å². The second-order valence-corrected chi connectivity index (χ2v) is 2.50. The van der Waals surface area contributed by atoms with Crippen molar-refractivity contribution < 1.29 is 23.4 Å². The summed E-state index contributed by atoms with van der Waals surface area (Å²) in [6.07, 6.45) is -0.315. The van der Waals surface area contributed by atoms with E-state index in [1.807, 2.05) is 0 Å². The molecule has 2 atom stereocenters. The lowest BCUT2D eigenvalue weighted by atomic mass is 10.1. The van der Waals surface area contributed by atoms with Gasteiger partial charge in [-0.2, -0.15) is 0 Å². The number of carbonyl (C=O) groups is 1. The van der Waals surface area contributed by atoms with E-state index < -0.39 is 24.9 Å². The largest absolute Gasteiger partial charge is 0.482 e. The van der Waals surface area contributed by atoms with Crippen LogP contribution >= 0.6 is 0 Å². The average Bonchev–Trinajstić information content (AvgIpc) is 2.07. The molecular weight excluding hydrogens is 182 g/mol. The third-order valence-corrected chi connectivity index (χ3v) is 1.43. The summed E-state index contributed by atoms with van der Waals surface area (Å²) in [7, 11) is 0. The first kappa shape index (κ1) is 9.70. The lowest BCUT2D eigenvalue weighted by Gasteiger charge is -2.13. The zero-order valence-electron chi connectivity index (χ0n) is 6.61. The Morgan fingerprint density at radius 1 is 1.54 bits per heavy atom. The fourth-order valence-electron chi connectivity index (χ4n) is 0.839. The number of hydrogen-bond acceptors (Lipinski definition) is 2. The Bertz CT molecular complexity index is 260. The quantitative estimate of drug-likeness (QED) is 0.727. The second-order valence-electron chi connectivity index (χ2n) is 2.50. The van der Waals surface area contributed by atoms with E-state index in [-0.39, 0.29) is 5.76 Å². The van der Waals surface area contributed by atoms with Gasteiger partial charge in [-0.25, -0.2) is 13.6 Å². The third kappa shape index (κ3) is 2.85. The van der Waals surface area contributed by atoms with Crippen molar-refractivity contribution in [2.45, 2.75) is 12.3 Å². The minimum Gasteiger partial charge on any atom is -0.482 e. The fraction of sp³-hybridized carbons (Fsp3) is 0.375. The van der Waals surface area contributed by atoms with Crippen LogP contribution in [0.2, 0.25) is 0 Å². The molecule has 72 valence electrons. The number of ether oxygens (including phenoxy) is 1. The number of rotatable bonds is 3. The fourth-order valence-corrected chi connectivity index (χ4v) is 0.839. The van der Waals surface area contributed by atoms with Crippen LogP contribution in [0, 0.1) is 0 Å². The Morgan fingerprint density at radius 2 is 2.23 bits per heavy atom. The summed E-state index contributed by atoms with van der Waals surface area (Å²) in [6.45, 7) is -0.556. The van der Waals surface area contributed by atoms with Gasteiger partial charge in [0.05, 0.1) is 0 Å². The Balaban J connectivity index is 2.48. The molecule has 0 bridgehead atoms. The molecule has 1 rings (SSSR count). The van der Waals surface area contributed by atoms with Crippen molar-refractivity contribution in [1.29, 1.82) is 0 Å². The zero-order chi connectivity index (χ0) is 9.84. The SMILES string of the molecule is O=C(O)COC1=CC(F)C(F)C=C1. The molecule has 2 unspecified atom stereocenters. The predicted octanol–water partition coefficient (Wildman–Crippen LogP) is 1.22. The molecule has 0 spiro atoms. The van der Waals surface area contributed by atoms with Gasteiger partial charge < -0.3 is 9.84 Å². The second kappa shape index (κ2) is 4.02. The van der Waals surface area contributed by atoms with Gasteiger partial charge in [-0.05, 0) is 18.2 Å². The summed E-state index contributed by atoms with van der Waals surface area (Å²) in [6, 6.07) is 0.